The Morgan fingerprint density at radius 1 is 1.07 bits per heavy atom. The summed E-state index contributed by atoms with van der Waals surface area (Å²) >= 11 is 0. The van der Waals surface area contributed by atoms with Crippen molar-refractivity contribution in [2.75, 3.05) is 0 Å². The van der Waals surface area contributed by atoms with Crippen LogP contribution in [-0.2, 0) is 26.2 Å². The summed E-state index contributed by atoms with van der Waals surface area (Å²) in [7, 11) is 1.38. The Kier molecular flexibility index (Phi) is 7.74. The first-order chi connectivity index (χ1) is 12.3. The van der Waals surface area contributed by atoms with Crippen molar-refractivity contribution in [2.45, 2.75) is 26.2 Å². The van der Waals surface area contributed by atoms with Crippen molar-refractivity contribution in [3.8, 4) is 0 Å². The van der Waals surface area contributed by atoms with Gasteiger partial charge < -0.3 is 29.2 Å². The molecule has 28 heavy (non-hydrogen) atoms. The third-order valence-electron chi connectivity index (χ3n) is 5.23. The Morgan fingerprint density at radius 2 is 1.86 bits per heavy atom. The van der Waals surface area contributed by atoms with Gasteiger partial charge in [-0.05, 0) is 65.2 Å². The molecule has 0 amide bonds. The quantitative estimate of drug-likeness (QED) is 0.556. The van der Waals surface area contributed by atoms with Crippen LogP contribution < -0.4 is 24.8 Å². The Hall–Kier alpha value is -0.907. The van der Waals surface area contributed by atoms with Crippen molar-refractivity contribution >= 4 is 25.1 Å². The van der Waals surface area contributed by atoms with E-state index >= 15 is 0 Å². The second-order valence-electron chi connectivity index (χ2n) is 6.72. The molecule has 140 valence electrons. The van der Waals surface area contributed by atoms with E-state index in [2.05, 4.69) is 67.6 Å². The number of hydrogen-bond acceptors (Lipinski definition) is 1. The summed E-state index contributed by atoms with van der Waals surface area (Å²) in [6, 6.07) is 12.9. The van der Waals surface area contributed by atoms with Crippen LogP contribution in [-0.4, -0.2) is 5.29 Å². The van der Waals surface area contributed by atoms with Crippen LogP contribution in [0.5, 0.6) is 0 Å². The molecule has 0 N–H and O–H groups in total. The second kappa shape index (κ2) is 9.27. The number of aryl methyl sites for hydroxylation is 1. The van der Waals surface area contributed by atoms with Crippen molar-refractivity contribution in [2.24, 2.45) is 0 Å². The molecule has 0 spiro atoms. The standard InChI is InChI=1S/C23H19OP.2ClH.Zr/c1-3-20-23(17-9-6-10-21(17)25-20)22-16-8-5-4-7-15(16)13-18(22)19-12-11-14(2)24-19;;;/h4-13,22H,3H2,1-2H3;2*1H;/q;;;+2/p-2. The van der Waals surface area contributed by atoms with E-state index in [9.17, 15) is 0 Å². The van der Waals surface area contributed by atoms with Crippen molar-refractivity contribution < 1.29 is 55.4 Å². The predicted molar refractivity (Wildman–Crippen MR) is 107 cm³/mol. The monoisotopic (exact) mass is 502 g/mol. The molecule has 1 aromatic heterocycles. The molecule has 2 aliphatic carbocycles. The predicted octanol–water partition coefficient (Wildman–Crippen LogP) is 0.524. The van der Waals surface area contributed by atoms with Gasteiger partial charge in [0.25, 0.3) is 0 Å². The molecule has 1 unspecified atom stereocenters. The molecule has 0 fully saturated rings. The fourth-order valence-electron chi connectivity index (χ4n) is 4.13. The van der Waals surface area contributed by atoms with Crippen LogP contribution in [0.15, 0.2) is 75.5 Å². The molecule has 1 aliphatic heterocycles. The Bertz CT molecular complexity index is 1060. The van der Waals surface area contributed by atoms with E-state index in [-0.39, 0.29) is 56.9 Å². The normalized spacial score (nSPS) is 18.9. The van der Waals surface area contributed by atoms with Gasteiger partial charge in [-0.25, -0.2) is 0 Å². The van der Waals surface area contributed by atoms with E-state index < -0.39 is 0 Å². The average molecular weight is 505 g/mol. The van der Waals surface area contributed by atoms with Crippen molar-refractivity contribution in [1.29, 1.82) is 0 Å². The molecule has 0 saturated carbocycles. The number of fused-ring (bicyclic) bond motifs is 2. The minimum atomic E-state index is 0. The zero-order valence-corrected chi connectivity index (χ0v) is 20.5. The van der Waals surface area contributed by atoms with Crippen LogP contribution in [0, 0.1) is 6.92 Å². The van der Waals surface area contributed by atoms with E-state index in [4.69, 9.17) is 4.42 Å². The maximum atomic E-state index is 6.03. The zero-order chi connectivity index (χ0) is 17.0. The summed E-state index contributed by atoms with van der Waals surface area (Å²) in [5.74, 6) is 2.24. The minimum Gasteiger partial charge on any atom is -1.00 e. The van der Waals surface area contributed by atoms with Gasteiger partial charge >= 0.3 is 26.2 Å². The summed E-state index contributed by atoms with van der Waals surface area (Å²) < 4.78 is 6.03. The van der Waals surface area contributed by atoms with E-state index in [1.54, 1.807) is 5.29 Å². The summed E-state index contributed by atoms with van der Waals surface area (Å²) in [6.45, 7) is 4.29. The molecule has 0 saturated heterocycles. The van der Waals surface area contributed by atoms with Crippen LogP contribution in [0.3, 0.4) is 0 Å². The fraction of sp³-hybridized carbons (Fsp3) is 0.174. The molecule has 5 rings (SSSR count). The summed E-state index contributed by atoms with van der Waals surface area (Å²) in [5, 5.41) is 2.99. The maximum absolute atomic E-state index is 6.03. The Labute approximate surface area is 199 Å². The van der Waals surface area contributed by atoms with Gasteiger partial charge in [-0.1, -0.05) is 51.5 Å². The smallest absolute Gasteiger partial charge is 1.00 e. The largest absolute Gasteiger partial charge is 2.00 e. The SMILES string of the molecule is CCC1=PC2=CC=CC2=C1C1C(c2ccc(C)o2)=Cc2ccccc21.[Cl-].[Cl-].[Zr+2]. The van der Waals surface area contributed by atoms with Gasteiger partial charge in [0.15, 0.2) is 0 Å². The molecule has 1 nitrogen and oxygen atoms in total. The number of furan rings is 1. The molecule has 3 aliphatic rings. The van der Waals surface area contributed by atoms with E-state index in [1.807, 2.05) is 6.92 Å². The number of rotatable bonds is 3. The van der Waals surface area contributed by atoms with Gasteiger partial charge in [0.1, 0.15) is 11.5 Å². The molecule has 2 heterocycles. The van der Waals surface area contributed by atoms with Gasteiger partial charge in [0.05, 0.1) is 0 Å². The number of allylic oxidation sites excluding steroid dienone is 7. The van der Waals surface area contributed by atoms with Gasteiger partial charge in [-0.2, -0.15) is 0 Å². The van der Waals surface area contributed by atoms with Crippen LogP contribution >= 0.6 is 8.20 Å². The van der Waals surface area contributed by atoms with E-state index in [0.29, 0.717) is 0 Å². The molecule has 1 aromatic carbocycles. The van der Waals surface area contributed by atoms with Gasteiger partial charge in [-0.15, -0.1) is 0 Å². The Morgan fingerprint density at radius 3 is 2.57 bits per heavy atom. The van der Waals surface area contributed by atoms with Gasteiger partial charge in [0.2, 0.25) is 0 Å². The van der Waals surface area contributed by atoms with Crippen LogP contribution in [0.2, 0.25) is 0 Å². The van der Waals surface area contributed by atoms with Crippen LogP contribution in [0.25, 0.3) is 11.6 Å². The van der Waals surface area contributed by atoms with Crippen molar-refractivity contribution in [3.05, 3.63) is 93.7 Å². The summed E-state index contributed by atoms with van der Waals surface area (Å²) in [5.41, 5.74) is 6.93. The zero-order valence-electron chi connectivity index (χ0n) is 15.7. The van der Waals surface area contributed by atoms with E-state index in [0.717, 1.165) is 17.9 Å². The van der Waals surface area contributed by atoms with Gasteiger partial charge in [-0.3, -0.25) is 0 Å². The first-order valence-electron chi connectivity index (χ1n) is 8.84. The molecule has 0 radical (unpaired) electrons. The second-order valence-corrected chi connectivity index (χ2v) is 7.97. The number of halogens is 2. The third kappa shape index (κ3) is 3.66. The summed E-state index contributed by atoms with van der Waals surface area (Å²) in [4.78, 5) is 0. The fourth-order valence-corrected chi connectivity index (χ4v) is 5.42. The van der Waals surface area contributed by atoms with E-state index in [1.165, 1.54) is 41.4 Å². The third-order valence-corrected chi connectivity index (χ3v) is 6.68. The van der Waals surface area contributed by atoms with Crippen LogP contribution in [0.4, 0.5) is 0 Å². The molecular weight excluding hydrogens is 485 g/mol. The molecule has 1 atom stereocenters. The average Bonchev–Trinajstić information content (AvgIpc) is 3.35. The maximum Gasteiger partial charge on any atom is 2.00 e. The molecule has 0 bridgehead atoms. The number of hydrogen-bond donors (Lipinski definition) is 0. The number of benzene rings is 1. The summed E-state index contributed by atoms with van der Waals surface area (Å²) in [6.07, 6.45) is 10.1. The topological polar surface area (TPSA) is 13.1 Å². The minimum absolute atomic E-state index is 0. The molecule has 5 heteroatoms. The molecule has 2 aromatic rings. The Balaban J connectivity index is 0.000000934. The van der Waals surface area contributed by atoms with Crippen molar-refractivity contribution in [3.63, 3.8) is 0 Å². The van der Waals surface area contributed by atoms with Crippen LogP contribution in [0.1, 0.15) is 41.9 Å². The molecular formula is C23H19Cl2OPZr. The van der Waals surface area contributed by atoms with Gasteiger partial charge in [0, 0.05) is 16.8 Å². The first kappa shape index (κ1) is 23.4. The first-order valence-corrected chi connectivity index (χ1v) is 9.74. The van der Waals surface area contributed by atoms with Crippen molar-refractivity contribution in [1.82, 2.24) is 0 Å².